The Hall–Kier alpha value is -2.89. The number of benzene rings is 3. The van der Waals surface area contributed by atoms with Crippen molar-refractivity contribution >= 4 is 22.4 Å². The Bertz CT molecular complexity index is 1040. The predicted molar refractivity (Wildman–Crippen MR) is 120 cm³/mol. The maximum Gasteiger partial charge on any atom is 0.335 e. The predicted octanol–water partition coefficient (Wildman–Crippen LogP) is 4.40. The summed E-state index contributed by atoms with van der Waals surface area (Å²) in [6.07, 6.45) is 0. The van der Waals surface area contributed by atoms with Gasteiger partial charge in [0, 0.05) is 24.8 Å². The lowest BCUT2D eigenvalue weighted by Crippen LogP contribution is -2.51. The molecule has 30 heavy (non-hydrogen) atoms. The van der Waals surface area contributed by atoms with Crippen LogP contribution in [-0.4, -0.2) is 43.4 Å². The van der Waals surface area contributed by atoms with Crippen LogP contribution in [-0.2, 0) is 4.74 Å². The second-order valence-corrected chi connectivity index (χ2v) is 7.92. The highest BCUT2D eigenvalue weighted by Crippen LogP contribution is 2.26. The third-order valence-electron chi connectivity index (χ3n) is 5.95. The number of hydrogen-bond donors (Lipinski definition) is 2. The molecule has 1 aliphatic heterocycles. The Labute approximate surface area is 177 Å². The molecule has 0 spiro atoms. The van der Waals surface area contributed by atoms with E-state index >= 15 is 0 Å². The fourth-order valence-electron chi connectivity index (χ4n) is 4.28. The first-order valence-electron chi connectivity index (χ1n) is 10.4. The smallest absolute Gasteiger partial charge is 0.335 e. The average Bonchev–Trinajstić information content (AvgIpc) is 2.77. The number of ether oxygens (including phenoxy) is 1. The standard InChI is InChI=1S/C25H28N2O3/c1-17-14-20(10-11-22(17)25(28)29)27-12-13-30-16-21(27)15-26-18(2)23-9-5-7-19-6-3-4-8-24(19)23/h3-11,14,18,21,26H,12-13,15-16H2,1-2H3,(H,28,29)/t18-,21?/m1/s1. The van der Waals surface area contributed by atoms with Gasteiger partial charge >= 0.3 is 5.97 Å². The first-order valence-corrected chi connectivity index (χ1v) is 10.4. The summed E-state index contributed by atoms with van der Waals surface area (Å²) in [6, 6.07) is 20.9. The molecule has 1 fully saturated rings. The molecule has 2 N–H and O–H groups in total. The summed E-state index contributed by atoms with van der Waals surface area (Å²) in [5.74, 6) is -0.886. The molecule has 3 aromatic rings. The SMILES string of the molecule is Cc1cc(N2CCOCC2CN[C@H](C)c2cccc3ccccc23)ccc1C(=O)O. The van der Waals surface area contributed by atoms with Crippen LogP contribution in [0, 0.1) is 6.92 Å². The maximum atomic E-state index is 11.3. The lowest BCUT2D eigenvalue weighted by molar-refractivity contribution is 0.0696. The number of rotatable bonds is 6. The van der Waals surface area contributed by atoms with Gasteiger partial charge < -0.3 is 20.1 Å². The molecule has 0 aromatic heterocycles. The van der Waals surface area contributed by atoms with Crippen molar-refractivity contribution in [2.24, 2.45) is 0 Å². The van der Waals surface area contributed by atoms with Crippen molar-refractivity contribution in [3.63, 3.8) is 0 Å². The Kier molecular flexibility index (Phi) is 6.02. The molecule has 156 valence electrons. The number of carbonyl (C=O) groups is 1. The van der Waals surface area contributed by atoms with Crippen LogP contribution in [0.25, 0.3) is 10.8 Å². The molecule has 5 nitrogen and oxygen atoms in total. The van der Waals surface area contributed by atoms with E-state index < -0.39 is 5.97 Å². The molecule has 1 saturated heterocycles. The number of fused-ring (bicyclic) bond motifs is 1. The van der Waals surface area contributed by atoms with Crippen LogP contribution in [0.5, 0.6) is 0 Å². The molecule has 2 atom stereocenters. The van der Waals surface area contributed by atoms with Gasteiger partial charge in [-0.15, -0.1) is 0 Å². The Morgan fingerprint density at radius 3 is 2.80 bits per heavy atom. The van der Waals surface area contributed by atoms with Crippen molar-refractivity contribution in [2.75, 3.05) is 31.2 Å². The summed E-state index contributed by atoms with van der Waals surface area (Å²) in [6.45, 7) is 6.94. The van der Waals surface area contributed by atoms with Crippen molar-refractivity contribution in [1.82, 2.24) is 5.32 Å². The van der Waals surface area contributed by atoms with Gasteiger partial charge in [-0.2, -0.15) is 0 Å². The minimum Gasteiger partial charge on any atom is -0.478 e. The van der Waals surface area contributed by atoms with Gasteiger partial charge in [0.2, 0.25) is 0 Å². The molecular formula is C25H28N2O3. The van der Waals surface area contributed by atoms with Crippen LogP contribution in [0.15, 0.2) is 60.7 Å². The Morgan fingerprint density at radius 2 is 2.00 bits per heavy atom. The zero-order chi connectivity index (χ0) is 21.1. The number of carboxylic acids is 1. The molecule has 1 heterocycles. The first kappa shape index (κ1) is 20.4. The van der Waals surface area contributed by atoms with Crippen LogP contribution in [0.4, 0.5) is 5.69 Å². The quantitative estimate of drug-likeness (QED) is 0.638. The molecule has 1 unspecified atom stereocenters. The highest BCUT2D eigenvalue weighted by Gasteiger charge is 2.25. The average molecular weight is 405 g/mol. The van der Waals surface area contributed by atoms with Crippen molar-refractivity contribution in [2.45, 2.75) is 25.9 Å². The van der Waals surface area contributed by atoms with Gasteiger partial charge in [0.25, 0.3) is 0 Å². The molecule has 0 radical (unpaired) electrons. The van der Waals surface area contributed by atoms with E-state index in [2.05, 4.69) is 59.6 Å². The number of anilines is 1. The summed E-state index contributed by atoms with van der Waals surface area (Å²) in [5, 5.41) is 15.5. The number of nitrogens with one attached hydrogen (secondary N) is 1. The topological polar surface area (TPSA) is 61.8 Å². The number of aromatic carboxylic acids is 1. The minimum absolute atomic E-state index is 0.186. The van der Waals surface area contributed by atoms with Crippen LogP contribution in [0.3, 0.4) is 0 Å². The van der Waals surface area contributed by atoms with Crippen molar-refractivity contribution in [1.29, 1.82) is 0 Å². The van der Waals surface area contributed by atoms with Crippen LogP contribution in [0.2, 0.25) is 0 Å². The zero-order valence-corrected chi connectivity index (χ0v) is 17.5. The van der Waals surface area contributed by atoms with Crippen LogP contribution >= 0.6 is 0 Å². The summed E-state index contributed by atoms with van der Waals surface area (Å²) in [4.78, 5) is 13.7. The molecule has 0 saturated carbocycles. The van der Waals surface area contributed by atoms with Gasteiger partial charge in [-0.3, -0.25) is 0 Å². The molecular weight excluding hydrogens is 376 g/mol. The number of nitrogens with zero attached hydrogens (tertiary/aromatic N) is 1. The highest BCUT2D eigenvalue weighted by molar-refractivity contribution is 5.90. The third-order valence-corrected chi connectivity index (χ3v) is 5.95. The highest BCUT2D eigenvalue weighted by atomic mass is 16.5. The van der Waals surface area contributed by atoms with Crippen molar-refractivity contribution in [3.05, 3.63) is 77.4 Å². The van der Waals surface area contributed by atoms with E-state index in [1.807, 2.05) is 19.1 Å². The largest absolute Gasteiger partial charge is 0.478 e. The van der Waals surface area contributed by atoms with Crippen molar-refractivity contribution < 1.29 is 14.6 Å². The molecule has 0 aliphatic carbocycles. The fourth-order valence-corrected chi connectivity index (χ4v) is 4.28. The summed E-state index contributed by atoms with van der Waals surface area (Å²) in [7, 11) is 0. The van der Waals surface area contributed by atoms with Gasteiger partial charge in [0.1, 0.15) is 0 Å². The molecule has 3 aromatic carbocycles. The van der Waals surface area contributed by atoms with Gasteiger partial charge in [0.05, 0.1) is 24.8 Å². The van der Waals surface area contributed by atoms with E-state index in [0.717, 1.165) is 24.3 Å². The molecule has 1 aliphatic rings. The summed E-state index contributed by atoms with van der Waals surface area (Å²) >= 11 is 0. The molecule has 0 bridgehead atoms. The van der Waals surface area contributed by atoms with E-state index in [4.69, 9.17) is 4.74 Å². The fraction of sp³-hybridized carbons (Fsp3) is 0.320. The normalized spacial score (nSPS) is 17.8. The summed E-state index contributed by atoms with van der Waals surface area (Å²) < 4.78 is 5.76. The van der Waals surface area contributed by atoms with Gasteiger partial charge in [-0.25, -0.2) is 4.79 Å². The number of morpholine rings is 1. The van der Waals surface area contributed by atoms with Crippen molar-refractivity contribution in [3.8, 4) is 0 Å². The summed E-state index contributed by atoms with van der Waals surface area (Å²) in [5.41, 5.74) is 3.47. The van der Waals surface area contributed by atoms with Gasteiger partial charge in [-0.1, -0.05) is 42.5 Å². The lowest BCUT2D eigenvalue weighted by Gasteiger charge is -2.38. The third kappa shape index (κ3) is 4.18. The maximum absolute atomic E-state index is 11.3. The van der Waals surface area contributed by atoms with E-state index in [-0.39, 0.29) is 12.1 Å². The molecule has 0 amide bonds. The molecule has 4 rings (SSSR count). The second-order valence-electron chi connectivity index (χ2n) is 7.92. The van der Waals surface area contributed by atoms with Gasteiger partial charge in [0.15, 0.2) is 0 Å². The van der Waals surface area contributed by atoms with E-state index in [0.29, 0.717) is 18.8 Å². The number of carboxylic acid groups (broad SMARTS) is 1. The lowest BCUT2D eigenvalue weighted by atomic mass is 9.99. The van der Waals surface area contributed by atoms with Gasteiger partial charge in [-0.05, 0) is 53.9 Å². The van der Waals surface area contributed by atoms with E-state index in [1.54, 1.807) is 6.07 Å². The molecule has 5 heteroatoms. The Balaban J connectivity index is 1.50. The number of hydrogen-bond acceptors (Lipinski definition) is 4. The number of aryl methyl sites for hydroxylation is 1. The zero-order valence-electron chi connectivity index (χ0n) is 17.5. The first-order chi connectivity index (χ1) is 14.5. The Morgan fingerprint density at radius 1 is 1.20 bits per heavy atom. The second kappa shape index (κ2) is 8.86. The minimum atomic E-state index is -0.886. The van der Waals surface area contributed by atoms with E-state index in [9.17, 15) is 9.90 Å². The monoisotopic (exact) mass is 404 g/mol. The van der Waals surface area contributed by atoms with Crippen LogP contribution in [0.1, 0.15) is 34.5 Å². The van der Waals surface area contributed by atoms with E-state index in [1.165, 1.54) is 16.3 Å². The van der Waals surface area contributed by atoms with Crippen LogP contribution < -0.4 is 10.2 Å².